The van der Waals surface area contributed by atoms with Gasteiger partial charge in [0, 0.05) is 11.8 Å². The molecule has 2 N–H and O–H groups in total. The van der Waals surface area contributed by atoms with Crippen molar-refractivity contribution in [2.24, 2.45) is 0 Å². The lowest BCUT2D eigenvalue weighted by molar-refractivity contribution is 0.112. The third-order valence-corrected chi connectivity index (χ3v) is 2.61. The Labute approximate surface area is 85.2 Å². The summed E-state index contributed by atoms with van der Waals surface area (Å²) >= 11 is 1.60. The molecular weight excluding hydrogens is 196 g/mol. The molecule has 0 aliphatic carbocycles. The van der Waals surface area contributed by atoms with Crippen LogP contribution in [0.1, 0.15) is 10.4 Å². The van der Waals surface area contributed by atoms with Gasteiger partial charge in [-0.15, -0.1) is 0 Å². The average molecular weight is 204 g/mol. The molecule has 2 aromatic heterocycles. The molecule has 4 heteroatoms. The van der Waals surface area contributed by atoms with Crippen molar-refractivity contribution in [2.75, 3.05) is 5.73 Å². The van der Waals surface area contributed by atoms with E-state index in [1.54, 1.807) is 23.6 Å². The zero-order valence-electron chi connectivity index (χ0n) is 7.31. The molecule has 2 aromatic rings. The maximum Gasteiger partial charge on any atom is 0.153 e. The normalized spacial score (nSPS) is 10.0. The molecule has 0 amide bonds. The Kier molecular flexibility index (Phi) is 2.28. The van der Waals surface area contributed by atoms with Crippen LogP contribution in [0.3, 0.4) is 0 Å². The zero-order chi connectivity index (χ0) is 9.97. The van der Waals surface area contributed by atoms with E-state index in [0.29, 0.717) is 5.56 Å². The molecule has 2 heterocycles. The van der Waals surface area contributed by atoms with Crippen molar-refractivity contribution >= 4 is 23.4 Å². The fraction of sp³-hybridized carbons (Fsp3) is 0. The van der Waals surface area contributed by atoms with Gasteiger partial charge in [-0.05, 0) is 28.5 Å². The molecule has 0 aromatic carbocycles. The van der Waals surface area contributed by atoms with Gasteiger partial charge in [0.1, 0.15) is 5.82 Å². The Balaban J connectivity index is 2.51. The molecule has 2 rings (SSSR count). The van der Waals surface area contributed by atoms with Crippen LogP contribution >= 0.6 is 11.3 Å². The van der Waals surface area contributed by atoms with E-state index in [-0.39, 0.29) is 5.82 Å². The SMILES string of the molecule is Nc1ncc(-c2ccsc2)cc1C=O. The molecule has 0 spiro atoms. The van der Waals surface area contributed by atoms with Crippen molar-refractivity contribution in [3.63, 3.8) is 0 Å². The fourth-order valence-electron chi connectivity index (χ4n) is 1.17. The van der Waals surface area contributed by atoms with Crippen molar-refractivity contribution in [3.8, 4) is 11.1 Å². The minimum atomic E-state index is 0.277. The van der Waals surface area contributed by atoms with Crippen molar-refractivity contribution in [2.45, 2.75) is 0 Å². The van der Waals surface area contributed by atoms with Gasteiger partial charge in [-0.1, -0.05) is 0 Å². The second-order valence-electron chi connectivity index (χ2n) is 2.83. The summed E-state index contributed by atoms with van der Waals surface area (Å²) in [7, 11) is 0. The number of pyridine rings is 1. The molecule has 0 atom stereocenters. The highest BCUT2D eigenvalue weighted by Gasteiger charge is 2.03. The summed E-state index contributed by atoms with van der Waals surface area (Å²) in [6.45, 7) is 0. The van der Waals surface area contributed by atoms with E-state index in [1.165, 1.54) is 0 Å². The quantitative estimate of drug-likeness (QED) is 0.763. The van der Waals surface area contributed by atoms with Gasteiger partial charge in [-0.3, -0.25) is 4.79 Å². The molecule has 3 nitrogen and oxygen atoms in total. The van der Waals surface area contributed by atoms with Gasteiger partial charge in [-0.25, -0.2) is 4.98 Å². The number of rotatable bonds is 2. The number of carbonyl (C=O) groups is 1. The lowest BCUT2D eigenvalue weighted by Gasteiger charge is -2.00. The van der Waals surface area contributed by atoms with Crippen LogP contribution in [0.2, 0.25) is 0 Å². The molecule has 0 radical (unpaired) electrons. The van der Waals surface area contributed by atoms with Crippen LogP contribution < -0.4 is 5.73 Å². The third kappa shape index (κ3) is 1.52. The van der Waals surface area contributed by atoms with Crippen LogP contribution in [0.25, 0.3) is 11.1 Å². The van der Waals surface area contributed by atoms with Crippen molar-refractivity contribution in [1.29, 1.82) is 0 Å². The van der Waals surface area contributed by atoms with Gasteiger partial charge in [0.2, 0.25) is 0 Å². The van der Waals surface area contributed by atoms with Crippen molar-refractivity contribution in [3.05, 3.63) is 34.7 Å². The zero-order valence-corrected chi connectivity index (χ0v) is 8.12. The maximum atomic E-state index is 10.6. The second-order valence-corrected chi connectivity index (χ2v) is 3.61. The molecule has 70 valence electrons. The Hall–Kier alpha value is -1.68. The number of anilines is 1. The maximum absolute atomic E-state index is 10.6. The number of thiophene rings is 1. The monoisotopic (exact) mass is 204 g/mol. The summed E-state index contributed by atoms with van der Waals surface area (Å²) in [6.07, 6.45) is 2.39. The number of nitrogen functional groups attached to an aromatic ring is 1. The molecule has 0 aliphatic heterocycles. The Morgan fingerprint density at radius 2 is 2.29 bits per heavy atom. The Morgan fingerprint density at radius 3 is 2.93 bits per heavy atom. The van der Waals surface area contributed by atoms with Crippen LogP contribution in [-0.2, 0) is 0 Å². The van der Waals surface area contributed by atoms with Crippen molar-refractivity contribution < 1.29 is 4.79 Å². The summed E-state index contributed by atoms with van der Waals surface area (Å²) in [5.74, 6) is 0.277. The molecule has 0 saturated heterocycles. The molecular formula is C10H8N2OS. The van der Waals surface area contributed by atoms with E-state index in [9.17, 15) is 4.79 Å². The molecule has 0 aliphatic rings. The van der Waals surface area contributed by atoms with Crippen LogP contribution in [0, 0.1) is 0 Å². The summed E-state index contributed by atoms with van der Waals surface area (Å²) in [5, 5.41) is 3.98. The number of nitrogens with two attached hydrogens (primary N) is 1. The predicted molar refractivity (Wildman–Crippen MR) is 57.3 cm³/mol. The number of carbonyl (C=O) groups excluding carboxylic acids is 1. The fourth-order valence-corrected chi connectivity index (χ4v) is 1.84. The summed E-state index contributed by atoms with van der Waals surface area (Å²) < 4.78 is 0. The van der Waals surface area contributed by atoms with E-state index in [1.807, 2.05) is 16.8 Å². The van der Waals surface area contributed by atoms with Gasteiger partial charge >= 0.3 is 0 Å². The van der Waals surface area contributed by atoms with E-state index in [4.69, 9.17) is 5.73 Å². The molecule has 0 bridgehead atoms. The van der Waals surface area contributed by atoms with E-state index in [2.05, 4.69) is 4.98 Å². The van der Waals surface area contributed by atoms with E-state index >= 15 is 0 Å². The van der Waals surface area contributed by atoms with Gasteiger partial charge in [0.25, 0.3) is 0 Å². The molecule has 14 heavy (non-hydrogen) atoms. The summed E-state index contributed by atoms with van der Waals surface area (Å²) in [5.41, 5.74) is 7.93. The Bertz CT molecular complexity index is 451. The third-order valence-electron chi connectivity index (χ3n) is 1.93. The first kappa shape index (κ1) is 8.90. The van der Waals surface area contributed by atoms with E-state index < -0.39 is 0 Å². The first-order valence-corrected chi connectivity index (χ1v) is 4.99. The van der Waals surface area contributed by atoms with Gasteiger partial charge in [-0.2, -0.15) is 11.3 Å². The highest BCUT2D eigenvalue weighted by molar-refractivity contribution is 7.08. The molecule has 0 unspecified atom stereocenters. The smallest absolute Gasteiger partial charge is 0.153 e. The number of hydrogen-bond acceptors (Lipinski definition) is 4. The highest BCUT2D eigenvalue weighted by Crippen LogP contribution is 2.23. The number of hydrogen-bond donors (Lipinski definition) is 1. The van der Waals surface area contributed by atoms with Crippen LogP contribution in [0.15, 0.2) is 29.1 Å². The average Bonchev–Trinajstić information content (AvgIpc) is 2.71. The number of aromatic nitrogens is 1. The van der Waals surface area contributed by atoms with Crippen molar-refractivity contribution in [1.82, 2.24) is 4.98 Å². The minimum absolute atomic E-state index is 0.277. The number of nitrogens with zero attached hydrogens (tertiary/aromatic N) is 1. The van der Waals surface area contributed by atoms with Crippen LogP contribution in [-0.4, -0.2) is 11.3 Å². The highest BCUT2D eigenvalue weighted by atomic mass is 32.1. The minimum Gasteiger partial charge on any atom is -0.383 e. The topological polar surface area (TPSA) is 56.0 Å². The Morgan fingerprint density at radius 1 is 1.43 bits per heavy atom. The lowest BCUT2D eigenvalue weighted by Crippen LogP contribution is -1.96. The largest absolute Gasteiger partial charge is 0.383 e. The van der Waals surface area contributed by atoms with Gasteiger partial charge in [0.15, 0.2) is 6.29 Å². The molecule has 0 saturated carbocycles. The second kappa shape index (κ2) is 3.59. The predicted octanol–water partition coefficient (Wildman–Crippen LogP) is 2.20. The van der Waals surface area contributed by atoms with Crippen LogP contribution in [0.5, 0.6) is 0 Å². The lowest BCUT2D eigenvalue weighted by atomic mass is 10.1. The number of aldehydes is 1. The van der Waals surface area contributed by atoms with Crippen LogP contribution in [0.4, 0.5) is 5.82 Å². The summed E-state index contributed by atoms with van der Waals surface area (Å²) in [4.78, 5) is 14.6. The first-order valence-electron chi connectivity index (χ1n) is 4.04. The molecule has 0 fully saturated rings. The first-order chi connectivity index (χ1) is 6.81. The van der Waals surface area contributed by atoms with Gasteiger partial charge in [0.05, 0.1) is 5.56 Å². The van der Waals surface area contributed by atoms with Gasteiger partial charge < -0.3 is 5.73 Å². The summed E-state index contributed by atoms with van der Waals surface area (Å²) in [6, 6.07) is 3.73. The van der Waals surface area contributed by atoms with E-state index in [0.717, 1.165) is 17.4 Å². The standard InChI is InChI=1S/C10H8N2OS/c11-10-9(5-13)3-8(4-12-10)7-1-2-14-6-7/h1-6H,(H2,11,12).